The molecular weight excluding hydrogens is 342 g/mol. The standard InChI is InChI=1S/C9H4Cl4N2O2S/c10-6-2-1-5(3-7(6)11)18(16,17)15-4-14-8(12)9(15)13/h1-4H. The van der Waals surface area contributed by atoms with Gasteiger partial charge in [-0.05, 0) is 18.2 Å². The lowest BCUT2D eigenvalue weighted by molar-refractivity contribution is 0.587. The van der Waals surface area contributed by atoms with Gasteiger partial charge in [-0.2, -0.15) is 0 Å². The number of hydrogen-bond acceptors (Lipinski definition) is 3. The number of aromatic nitrogens is 2. The van der Waals surface area contributed by atoms with Crippen LogP contribution in [0.15, 0.2) is 29.4 Å². The molecule has 0 radical (unpaired) electrons. The molecule has 18 heavy (non-hydrogen) atoms. The Balaban J connectivity index is 2.62. The van der Waals surface area contributed by atoms with Crippen molar-refractivity contribution >= 4 is 56.4 Å². The van der Waals surface area contributed by atoms with Crippen LogP contribution in [0, 0.1) is 0 Å². The van der Waals surface area contributed by atoms with Crippen molar-refractivity contribution in [2.75, 3.05) is 0 Å². The predicted molar refractivity (Wildman–Crippen MR) is 71.3 cm³/mol. The van der Waals surface area contributed by atoms with E-state index in [0.717, 1.165) is 10.3 Å². The van der Waals surface area contributed by atoms with E-state index in [1.165, 1.54) is 18.2 Å². The summed E-state index contributed by atoms with van der Waals surface area (Å²) in [5.41, 5.74) is 0. The summed E-state index contributed by atoms with van der Waals surface area (Å²) in [6.07, 6.45) is 1.02. The van der Waals surface area contributed by atoms with E-state index in [-0.39, 0.29) is 25.2 Å². The van der Waals surface area contributed by atoms with E-state index >= 15 is 0 Å². The predicted octanol–water partition coefficient (Wildman–Crippen LogP) is 3.73. The Kier molecular flexibility index (Phi) is 3.80. The van der Waals surface area contributed by atoms with Gasteiger partial charge in [-0.1, -0.05) is 46.4 Å². The van der Waals surface area contributed by atoms with Crippen molar-refractivity contribution in [2.24, 2.45) is 0 Å². The first-order valence-corrected chi connectivity index (χ1v) is 7.38. The third-order valence-electron chi connectivity index (χ3n) is 2.09. The summed E-state index contributed by atoms with van der Waals surface area (Å²) in [6, 6.07) is 3.92. The SMILES string of the molecule is O=S(=O)(c1ccc(Cl)c(Cl)c1)n1cnc(Cl)c1Cl. The third kappa shape index (κ3) is 2.33. The molecule has 2 rings (SSSR count). The summed E-state index contributed by atoms with van der Waals surface area (Å²) in [4.78, 5) is 3.54. The molecule has 0 amide bonds. The first-order valence-electron chi connectivity index (χ1n) is 4.43. The lowest BCUT2D eigenvalue weighted by Gasteiger charge is -2.07. The zero-order chi connectivity index (χ0) is 13.5. The molecule has 96 valence electrons. The van der Waals surface area contributed by atoms with Gasteiger partial charge in [-0.15, -0.1) is 0 Å². The van der Waals surface area contributed by atoms with E-state index in [0.29, 0.717) is 0 Å². The summed E-state index contributed by atoms with van der Waals surface area (Å²) in [6.45, 7) is 0. The van der Waals surface area contributed by atoms with E-state index in [4.69, 9.17) is 46.4 Å². The molecule has 0 N–H and O–H groups in total. The van der Waals surface area contributed by atoms with E-state index in [1.54, 1.807) is 0 Å². The maximum Gasteiger partial charge on any atom is 0.270 e. The van der Waals surface area contributed by atoms with Crippen LogP contribution < -0.4 is 0 Å². The smallest absolute Gasteiger partial charge is 0.222 e. The van der Waals surface area contributed by atoms with Gasteiger partial charge in [0.2, 0.25) is 0 Å². The Bertz CT molecular complexity index is 711. The molecule has 1 aromatic heterocycles. The van der Waals surface area contributed by atoms with Gasteiger partial charge in [-0.25, -0.2) is 17.4 Å². The van der Waals surface area contributed by atoms with Crippen molar-refractivity contribution in [3.8, 4) is 0 Å². The van der Waals surface area contributed by atoms with E-state index in [9.17, 15) is 8.42 Å². The van der Waals surface area contributed by atoms with Gasteiger partial charge in [0.15, 0.2) is 10.3 Å². The maximum atomic E-state index is 12.2. The molecule has 0 saturated heterocycles. The second-order valence-electron chi connectivity index (χ2n) is 3.20. The van der Waals surface area contributed by atoms with Crippen LogP contribution in [-0.4, -0.2) is 17.4 Å². The Labute approximate surface area is 123 Å². The van der Waals surface area contributed by atoms with Crippen molar-refractivity contribution in [3.05, 3.63) is 44.9 Å². The summed E-state index contributed by atoms with van der Waals surface area (Å²) in [5.74, 6) is 0. The van der Waals surface area contributed by atoms with Gasteiger partial charge in [0.1, 0.15) is 6.33 Å². The van der Waals surface area contributed by atoms with Gasteiger partial charge in [0, 0.05) is 0 Å². The molecule has 0 fully saturated rings. The van der Waals surface area contributed by atoms with E-state index < -0.39 is 10.0 Å². The van der Waals surface area contributed by atoms with Gasteiger partial charge in [0.25, 0.3) is 10.0 Å². The zero-order valence-corrected chi connectivity index (χ0v) is 12.3. The Morgan fingerprint density at radius 2 is 1.72 bits per heavy atom. The second-order valence-corrected chi connectivity index (χ2v) is 6.55. The molecule has 0 atom stereocenters. The van der Waals surface area contributed by atoms with Crippen LogP contribution in [0.5, 0.6) is 0 Å². The van der Waals surface area contributed by atoms with E-state index in [2.05, 4.69) is 4.98 Å². The first-order chi connectivity index (χ1) is 8.34. The molecule has 0 aliphatic heterocycles. The average Bonchev–Trinajstić information content (AvgIpc) is 2.64. The number of hydrogen-bond donors (Lipinski definition) is 0. The van der Waals surface area contributed by atoms with Crippen molar-refractivity contribution in [1.29, 1.82) is 0 Å². The monoisotopic (exact) mass is 344 g/mol. The normalized spacial score (nSPS) is 11.8. The summed E-state index contributed by atoms with van der Waals surface area (Å²) < 4.78 is 25.2. The first kappa shape index (κ1) is 14.0. The van der Waals surface area contributed by atoms with Crippen molar-refractivity contribution < 1.29 is 8.42 Å². The summed E-state index contributed by atoms with van der Waals surface area (Å²) >= 11 is 22.8. The molecule has 0 unspecified atom stereocenters. The number of imidazole rings is 1. The molecule has 1 heterocycles. The van der Waals surface area contributed by atoms with Crippen LogP contribution in [0.25, 0.3) is 0 Å². The molecular formula is C9H4Cl4N2O2S. The Hall–Kier alpha value is -0.460. The average molecular weight is 346 g/mol. The van der Waals surface area contributed by atoms with Gasteiger partial charge < -0.3 is 0 Å². The number of benzene rings is 1. The molecule has 0 aliphatic carbocycles. The highest BCUT2D eigenvalue weighted by Gasteiger charge is 2.22. The van der Waals surface area contributed by atoms with Gasteiger partial charge in [0.05, 0.1) is 14.9 Å². The number of halogens is 4. The molecule has 4 nitrogen and oxygen atoms in total. The summed E-state index contributed by atoms with van der Waals surface area (Å²) in [7, 11) is -3.89. The second kappa shape index (κ2) is 4.90. The van der Waals surface area contributed by atoms with Gasteiger partial charge in [-0.3, -0.25) is 0 Å². The third-order valence-corrected chi connectivity index (χ3v) is 5.31. The molecule has 1 aromatic carbocycles. The Morgan fingerprint density at radius 3 is 2.22 bits per heavy atom. The topological polar surface area (TPSA) is 52.0 Å². The van der Waals surface area contributed by atoms with Crippen LogP contribution >= 0.6 is 46.4 Å². The molecule has 0 saturated carbocycles. The highest BCUT2D eigenvalue weighted by molar-refractivity contribution is 7.90. The zero-order valence-electron chi connectivity index (χ0n) is 8.44. The van der Waals surface area contributed by atoms with Crippen LogP contribution in [0.1, 0.15) is 0 Å². The van der Waals surface area contributed by atoms with E-state index in [1.807, 2.05) is 0 Å². The van der Waals surface area contributed by atoms with Crippen LogP contribution in [0.4, 0.5) is 0 Å². The highest BCUT2D eigenvalue weighted by atomic mass is 35.5. The van der Waals surface area contributed by atoms with Crippen LogP contribution in [0.3, 0.4) is 0 Å². The minimum atomic E-state index is -3.89. The van der Waals surface area contributed by atoms with Crippen LogP contribution in [-0.2, 0) is 10.0 Å². The fourth-order valence-electron chi connectivity index (χ4n) is 1.22. The van der Waals surface area contributed by atoms with Gasteiger partial charge >= 0.3 is 0 Å². The molecule has 9 heteroatoms. The molecule has 0 bridgehead atoms. The molecule has 0 spiro atoms. The minimum Gasteiger partial charge on any atom is -0.222 e. The largest absolute Gasteiger partial charge is 0.270 e. The lowest BCUT2D eigenvalue weighted by atomic mass is 10.4. The maximum absolute atomic E-state index is 12.2. The minimum absolute atomic E-state index is 0.0622. The fourth-order valence-corrected chi connectivity index (χ4v) is 3.33. The summed E-state index contributed by atoms with van der Waals surface area (Å²) in [5, 5.41) is 0.0912. The fraction of sp³-hybridized carbons (Fsp3) is 0. The number of rotatable bonds is 2. The van der Waals surface area contributed by atoms with Crippen LogP contribution in [0.2, 0.25) is 20.4 Å². The number of nitrogens with zero attached hydrogens (tertiary/aromatic N) is 2. The van der Waals surface area contributed by atoms with Crippen molar-refractivity contribution in [3.63, 3.8) is 0 Å². The molecule has 2 aromatic rings. The highest BCUT2D eigenvalue weighted by Crippen LogP contribution is 2.28. The van der Waals surface area contributed by atoms with Crippen molar-refractivity contribution in [1.82, 2.24) is 8.96 Å². The van der Waals surface area contributed by atoms with Crippen molar-refractivity contribution in [2.45, 2.75) is 4.90 Å². The quantitative estimate of drug-likeness (QED) is 0.833. The Morgan fingerprint density at radius 1 is 1.06 bits per heavy atom. The molecule has 0 aliphatic rings. The lowest BCUT2D eigenvalue weighted by Crippen LogP contribution is -2.12.